The lowest BCUT2D eigenvalue weighted by atomic mass is 10.1. The van der Waals surface area contributed by atoms with Crippen LogP contribution in [0, 0.1) is 5.82 Å². The lowest BCUT2D eigenvalue weighted by Crippen LogP contribution is -2.20. The minimum absolute atomic E-state index is 0.142. The summed E-state index contributed by atoms with van der Waals surface area (Å²) >= 11 is 0. The lowest BCUT2D eigenvalue weighted by molar-refractivity contribution is -0.118. The summed E-state index contributed by atoms with van der Waals surface area (Å²) in [6.07, 6.45) is 0.940. The number of rotatable bonds is 7. The topological polar surface area (TPSA) is 67.4 Å². The van der Waals surface area contributed by atoms with Crippen LogP contribution in [0.5, 0.6) is 5.75 Å². The van der Waals surface area contributed by atoms with Crippen molar-refractivity contribution in [3.8, 4) is 5.75 Å². The van der Waals surface area contributed by atoms with Crippen molar-refractivity contribution >= 4 is 23.2 Å². The van der Waals surface area contributed by atoms with Crippen LogP contribution in [0.1, 0.15) is 22.8 Å². The van der Waals surface area contributed by atoms with Crippen molar-refractivity contribution in [2.24, 2.45) is 0 Å². The summed E-state index contributed by atoms with van der Waals surface area (Å²) in [5, 5.41) is 5.45. The van der Waals surface area contributed by atoms with E-state index in [-0.39, 0.29) is 24.2 Å². The number of carbonyl (C=O) groups excluding carboxylic acids is 2. The number of aryl methyl sites for hydroxylation is 1. The number of benzene rings is 3. The maximum absolute atomic E-state index is 12.9. The van der Waals surface area contributed by atoms with Gasteiger partial charge >= 0.3 is 0 Å². The zero-order valence-electron chi connectivity index (χ0n) is 15.9. The van der Waals surface area contributed by atoms with Crippen molar-refractivity contribution in [2.45, 2.75) is 13.3 Å². The number of ether oxygens (including phenoxy) is 1. The van der Waals surface area contributed by atoms with E-state index in [1.165, 1.54) is 29.8 Å². The van der Waals surface area contributed by atoms with Gasteiger partial charge in [-0.05, 0) is 72.6 Å². The number of halogens is 1. The predicted molar refractivity (Wildman–Crippen MR) is 111 cm³/mol. The molecule has 0 aliphatic rings. The van der Waals surface area contributed by atoms with Crippen molar-refractivity contribution in [3.63, 3.8) is 0 Å². The Morgan fingerprint density at radius 2 is 1.41 bits per heavy atom. The van der Waals surface area contributed by atoms with Gasteiger partial charge in [0.25, 0.3) is 11.8 Å². The van der Waals surface area contributed by atoms with Gasteiger partial charge in [0.05, 0.1) is 0 Å². The van der Waals surface area contributed by atoms with Gasteiger partial charge in [0, 0.05) is 16.9 Å². The van der Waals surface area contributed by atoms with E-state index in [4.69, 9.17) is 4.74 Å². The molecular weight excluding hydrogens is 371 g/mol. The molecule has 3 rings (SSSR count). The molecule has 6 heteroatoms. The summed E-state index contributed by atoms with van der Waals surface area (Å²) in [5.41, 5.74) is 2.83. The van der Waals surface area contributed by atoms with E-state index in [9.17, 15) is 14.0 Å². The molecule has 0 aromatic heterocycles. The third-order valence-corrected chi connectivity index (χ3v) is 4.23. The number of carbonyl (C=O) groups is 2. The fourth-order valence-corrected chi connectivity index (χ4v) is 2.61. The third-order valence-electron chi connectivity index (χ3n) is 4.23. The average Bonchev–Trinajstić information content (AvgIpc) is 2.75. The third kappa shape index (κ3) is 5.90. The molecule has 0 fully saturated rings. The van der Waals surface area contributed by atoms with Crippen LogP contribution in [-0.2, 0) is 11.2 Å². The van der Waals surface area contributed by atoms with Gasteiger partial charge in [0.1, 0.15) is 11.6 Å². The van der Waals surface area contributed by atoms with Gasteiger partial charge in [-0.25, -0.2) is 4.39 Å². The van der Waals surface area contributed by atoms with Gasteiger partial charge in [-0.2, -0.15) is 0 Å². The molecule has 0 atom stereocenters. The average molecular weight is 392 g/mol. The van der Waals surface area contributed by atoms with E-state index < -0.39 is 0 Å². The van der Waals surface area contributed by atoms with Gasteiger partial charge in [0.15, 0.2) is 6.61 Å². The highest BCUT2D eigenvalue weighted by Crippen LogP contribution is 2.15. The molecule has 3 aromatic carbocycles. The highest BCUT2D eigenvalue weighted by molar-refractivity contribution is 6.04. The minimum atomic E-state index is -0.369. The Labute approximate surface area is 168 Å². The maximum Gasteiger partial charge on any atom is 0.262 e. The summed E-state index contributed by atoms with van der Waals surface area (Å²) in [4.78, 5) is 24.2. The van der Waals surface area contributed by atoms with Crippen molar-refractivity contribution in [1.29, 1.82) is 0 Å². The molecule has 2 N–H and O–H groups in total. The van der Waals surface area contributed by atoms with Gasteiger partial charge in [0.2, 0.25) is 0 Å². The van der Waals surface area contributed by atoms with E-state index in [2.05, 4.69) is 17.6 Å². The summed E-state index contributed by atoms with van der Waals surface area (Å²) in [5.74, 6) is -0.491. The maximum atomic E-state index is 12.9. The Balaban J connectivity index is 1.49. The largest absolute Gasteiger partial charge is 0.484 e. The highest BCUT2D eigenvalue weighted by atomic mass is 19.1. The van der Waals surface area contributed by atoms with Crippen LogP contribution in [0.3, 0.4) is 0 Å². The van der Waals surface area contributed by atoms with E-state index in [0.717, 1.165) is 6.42 Å². The van der Waals surface area contributed by atoms with Crippen LogP contribution in [0.25, 0.3) is 0 Å². The molecule has 0 heterocycles. The molecule has 2 amide bonds. The number of anilines is 2. The Morgan fingerprint density at radius 3 is 2.03 bits per heavy atom. The minimum Gasteiger partial charge on any atom is -0.484 e. The van der Waals surface area contributed by atoms with Crippen LogP contribution in [0.2, 0.25) is 0 Å². The Bertz CT molecular complexity index is 969. The van der Waals surface area contributed by atoms with Crippen molar-refractivity contribution in [2.75, 3.05) is 17.2 Å². The molecule has 29 heavy (non-hydrogen) atoms. The number of nitrogens with one attached hydrogen (secondary N) is 2. The molecule has 0 bridgehead atoms. The number of hydrogen-bond acceptors (Lipinski definition) is 3. The fourth-order valence-electron chi connectivity index (χ4n) is 2.61. The first-order chi connectivity index (χ1) is 14.0. The molecule has 5 nitrogen and oxygen atoms in total. The van der Waals surface area contributed by atoms with E-state index in [1.54, 1.807) is 24.3 Å². The van der Waals surface area contributed by atoms with Crippen molar-refractivity contribution < 1.29 is 18.7 Å². The van der Waals surface area contributed by atoms with Gasteiger partial charge in [-0.1, -0.05) is 19.1 Å². The second kappa shape index (κ2) is 9.50. The molecule has 0 aliphatic carbocycles. The Morgan fingerprint density at radius 1 is 0.828 bits per heavy atom. The lowest BCUT2D eigenvalue weighted by Gasteiger charge is -2.09. The molecular formula is C23H21FN2O3. The number of amides is 2. The van der Waals surface area contributed by atoms with E-state index >= 15 is 0 Å². The second-order valence-electron chi connectivity index (χ2n) is 6.37. The highest BCUT2D eigenvalue weighted by Gasteiger charge is 2.08. The molecule has 0 radical (unpaired) electrons. The zero-order valence-corrected chi connectivity index (χ0v) is 15.9. The molecule has 0 aliphatic heterocycles. The standard InChI is InChI=1S/C23H21FN2O3/c1-2-16-3-9-19(10-4-16)25-22(27)15-29-21-13-5-17(6-14-21)23(28)26-20-11-7-18(24)8-12-20/h3-14H,2,15H2,1H3,(H,25,27)(H,26,28). The molecule has 0 saturated heterocycles. The van der Waals surface area contributed by atoms with Crippen LogP contribution < -0.4 is 15.4 Å². The number of hydrogen-bond donors (Lipinski definition) is 2. The summed E-state index contributed by atoms with van der Waals surface area (Å²) in [7, 11) is 0. The molecule has 3 aromatic rings. The van der Waals surface area contributed by atoms with Crippen LogP contribution >= 0.6 is 0 Å². The van der Waals surface area contributed by atoms with Crippen molar-refractivity contribution in [3.05, 3.63) is 89.7 Å². The van der Waals surface area contributed by atoms with E-state index in [1.807, 2.05) is 24.3 Å². The van der Waals surface area contributed by atoms with E-state index in [0.29, 0.717) is 22.7 Å². The van der Waals surface area contributed by atoms with Gasteiger partial charge in [-0.3, -0.25) is 9.59 Å². The smallest absolute Gasteiger partial charge is 0.262 e. The first-order valence-electron chi connectivity index (χ1n) is 9.22. The molecule has 0 saturated carbocycles. The SMILES string of the molecule is CCc1ccc(NC(=O)COc2ccc(C(=O)Nc3ccc(F)cc3)cc2)cc1. The summed E-state index contributed by atoms with van der Waals surface area (Å²) < 4.78 is 18.4. The quantitative estimate of drug-likeness (QED) is 0.615. The van der Waals surface area contributed by atoms with Gasteiger partial charge < -0.3 is 15.4 Å². The zero-order chi connectivity index (χ0) is 20.6. The van der Waals surface area contributed by atoms with Crippen LogP contribution in [0.15, 0.2) is 72.8 Å². The van der Waals surface area contributed by atoms with Gasteiger partial charge in [-0.15, -0.1) is 0 Å². The first-order valence-corrected chi connectivity index (χ1v) is 9.22. The predicted octanol–water partition coefficient (Wildman–Crippen LogP) is 4.66. The second-order valence-corrected chi connectivity index (χ2v) is 6.37. The summed E-state index contributed by atoms with van der Waals surface area (Å²) in [6.45, 7) is 1.93. The summed E-state index contributed by atoms with van der Waals surface area (Å²) in [6, 6.07) is 19.6. The fraction of sp³-hybridized carbons (Fsp3) is 0.130. The molecule has 0 spiro atoms. The first kappa shape index (κ1) is 20.1. The van der Waals surface area contributed by atoms with Crippen LogP contribution in [-0.4, -0.2) is 18.4 Å². The normalized spacial score (nSPS) is 10.3. The Kier molecular flexibility index (Phi) is 6.58. The van der Waals surface area contributed by atoms with Crippen molar-refractivity contribution in [1.82, 2.24) is 0 Å². The monoisotopic (exact) mass is 392 g/mol. The molecule has 0 unspecified atom stereocenters. The Hall–Kier alpha value is -3.67. The van der Waals surface area contributed by atoms with Crippen LogP contribution in [0.4, 0.5) is 15.8 Å². The molecule has 148 valence electrons.